The normalized spacial score (nSPS) is 12.8. The predicted octanol–water partition coefficient (Wildman–Crippen LogP) is 5.61. The molecule has 1 atom stereocenters. The second kappa shape index (κ2) is 5.88. The van der Waals surface area contributed by atoms with Gasteiger partial charge in [-0.3, -0.25) is 0 Å². The molecule has 0 aliphatic heterocycles. The zero-order valence-electron chi connectivity index (χ0n) is 8.25. The zero-order valence-corrected chi connectivity index (χ0v) is 15.2. The Morgan fingerprint density at radius 1 is 1.24 bits per heavy atom. The van der Waals surface area contributed by atoms with Gasteiger partial charge in [-0.15, -0.1) is 11.3 Å². The summed E-state index contributed by atoms with van der Waals surface area (Å²) < 4.78 is 3.45. The highest BCUT2D eigenvalue weighted by Gasteiger charge is 2.17. The van der Waals surface area contributed by atoms with Crippen LogP contribution in [0.3, 0.4) is 0 Å². The lowest BCUT2D eigenvalue weighted by Crippen LogP contribution is -1.98. The first kappa shape index (κ1) is 14.3. The standard InChI is InChI=1S/C11H6Br2ClIOS/c12-7-2-1-5(15)3-6(7)10(16)9-4-8(13)11(14)17-9/h1-4,10,16H. The lowest BCUT2D eigenvalue weighted by Gasteiger charge is -2.11. The minimum atomic E-state index is -0.659. The highest BCUT2D eigenvalue weighted by Crippen LogP contribution is 2.39. The maximum Gasteiger partial charge on any atom is 0.114 e. The van der Waals surface area contributed by atoms with Crippen LogP contribution in [0.2, 0.25) is 4.34 Å². The molecule has 0 amide bonds. The van der Waals surface area contributed by atoms with Crippen LogP contribution in [-0.4, -0.2) is 5.11 Å². The Morgan fingerprint density at radius 3 is 2.53 bits per heavy atom. The van der Waals surface area contributed by atoms with Crippen molar-refractivity contribution in [3.63, 3.8) is 0 Å². The van der Waals surface area contributed by atoms with Crippen molar-refractivity contribution < 1.29 is 5.11 Å². The van der Waals surface area contributed by atoms with E-state index in [1.807, 2.05) is 24.3 Å². The van der Waals surface area contributed by atoms with E-state index in [0.717, 1.165) is 23.0 Å². The van der Waals surface area contributed by atoms with Crippen molar-refractivity contribution in [1.29, 1.82) is 0 Å². The highest BCUT2D eigenvalue weighted by atomic mass is 127. The Hall–Kier alpha value is 0.860. The number of aliphatic hydroxyl groups is 1. The molecule has 6 heteroatoms. The first-order valence-electron chi connectivity index (χ1n) is 4.57. The molecule has 0 bridgehead atoms. The molecule has 1 unspecified atom stereocenters. The van der Waals surface area contributed by atoms with Gasteiger partial charge in [-0.2, -0.15) is 0 Å². The van der Waals surface area contributed by atoms with E-state index in [-0.39, 0.29) is 0 Å². The van der Waals surface area contributed by atoms with Gasteiger partial charge in [-0.1, -0.05) is 27.5 Å². The fourth-order valence-electron chi connectivity index (χ4n) is 1.38. The largest absolute Gasteiger partial charge is 0.383 e. The number of halogens is 4. The van der Waals surface area contributed by atoms with E-state index in [2.05, 4.69) is 54.5 Å². The molecule has 17 heavy (non-hydrogen) atoms. The average molecular weight is 508 g/mol. The Morgan fingerprint density at radius 2 is 1.94 bits per heavy atom. The van der Waals surface area contributed by atoms with Crippen molar-refractivity contribution in [3.8, 4) is 0 Å². The lowest BCUT2D eigenvalue weighted by molar-refractivity contribution is 0.223. The maximum atomic E-state index is 10.3. The Kier molecular flexibility index (Phi) is 4.94. The van der Waals surface area contributed by atoms with Gasteiger partial charge in [0.05, 0.1) is 0 Å². The van der Waals surface area contributed by atoms with Crippen LogP contribution in [0.4, 0.5) is 0 Å². The minimum Gasteiger partial charge on any atom is -0.383 e. The zero-order chi connectivity index (χ0) is 12.6. The van der Waals surface area contributed by atoms with E-state index in [0.29, 0.717) is 4.34 Å². The third-order valence-electron chi connectivity index (χ3n) is 2.19. The van der Waals surface area contributed by atoms with Gasteiger partial charge in [0.25, 0.3) is 0 Å². The summed E-state index contributed by atoms with van der Waals surface area (Å²) in [6.07, 6.45) is -0.659. The topological polar surface area (TPSA) is 20.2 Å². The Bertz CT molecular complexity index is 539. The van der Waals surface area contributed by atoms with E-state index < -0.39 is 6.10 Å². The van der Waals surface area contributed by atoms with E-state index in [4.69, 9.17) is 11.6 Å². The summed E-state index contributed by atoms with van der Waals surface area (Å²) in [6, 6.07) is 7.73. The van der Waals surface area contributed by atoms with Crippen molar-refractivity contribution in [1.82, 2.24) is 0 Å². The van der Waals surface area contributed by atoms with E-state index in [1.54, 1.807) is 0 Å². The summed E-state index contributed by atoms with van der Waals surface area (Å²) in [5, 5.41) is 10.3. The molecule has 0 fully saturated rings. The first-order chi connectivity index (χ1) is 7.99. The molecule has 90 valence electrons. The molecule has 0 aliphatic rings. The second-order valence-electron chi connectivity index (χ2n) is 3.34. The van der Waals surface area contributed by atoms with Crippen LogP contribution < -0.4 is 0 Å². The van der Waals surface area contributed by atoms with Crippen LogP contribution in [0, 0.1) is 3.57 Å². The summed E-state index contributed by atoms with van der Waals surface area (Å²) in [4.78, 5) is 0.824. The average Bonchev–Trinajstić information content (AvgIpc) is 2.62. The van der Waals surface area contributed by atoms with Gasteiger partial charge < -0.3 is 5.11 Å². The van der Waals surface area contributed by atoms with Crippen LogP contribution in [0.15, 0.2) is 33.2 Å². The third kappa shape index (κ3) is 3.25. The van der Waals surface area contributed by atoms with Gasteiger partial charge in [0, 0.05) is 23.0 Å². The van der Waals surface area contributed by atoms with Gasteiger partial charge in [-0.05, 0) is 62.8 Å². The molecule has 1 N–H and O–H groups in total. The van der Waals surface area contributed by atoms with Crippen LogP contribution in [0.25, 0.3) is 0 Å². The summed E-state index contributed by atoms with van der Waals surface area (Å²) in [5.74, 6) is 0. The molecule has 0 spiro atoms. The van der Waals surface area contributed by atoms with Crippen LogP contribution in [0.1, 0.15) is 16.5 Å². The van der Waals surface area contributed by atoms with Gasteiger partial charge in [-0.25, -0.2) is 0 Å². The molecule has 1 aromatic carbocycles. The van der Waals surface area contributed by atoms with Crippen molar-refractivity contribution in [2.45, 2.75) is 6.10 Å². The Balaban J connectivity index is 2.42. The summed E-state index contributed by atoms with van der Waals surface area (Å²) in [5.41, 5.74) is 0.849. The number of hydrogen-bond donors (Lipinski definition) is 1. The quantitative estimate of drug-likeness (QED) is 0.523. The van der Waals surface area contributed by atoms with Crippen molar-refractivity contribution in [2.75, 3.05) is 0 Å². The number of hydrogen-bond acceptors (Lipinski definition) is 2. The van der Waals surface area contributed by atoms with Crippen LogP contribution in [0.5, 0.6) is 0 Å². The van der Waals surface area contributed by atoms with Crippen molar-refractivity contribution in [2.24, 2.45) is 0 Å². The number of rotatable bonds is 2. The van der Waals surface area contributed by atoms with Crippen molar-refractivity contribution in [3.05, 3.63) is 51.6 Å². The third-order valence-corrected chi connectivity index (χ3v) is 6.11. The summed E-state index contributed by atoms with van der Waals surface area (Å²) in [7, 11) is 0. The molecule has 0 saturated carbocycles. The summed E-state index contributed by atoms with van der Waals surface area (Å²) in [6.45, 7) is 0. The summed E-state index contributed by atoms with van der Waals surface area (Å²) >= 11 is 16.4. The molecule has 2 rings (SSSR count). The van der Waals surface area contributed by atoms with Gasteiger partial charge >= 0.3 is 0 Å². The predicted molar refractivity (Wildman–Crippen MR) is 87.9 cm³/mol. The highest BCUT2D eigenvalue weighted by molar-refractivity contribution is 14.1. The number of benzene rings is 1. The molecule has 1 nitrogen and oxygen atoms in total. The van der Waals surface area contributed by atoms with Gasteiger partial charge in [0.1, 0.15) is 10.4 Å². The second-order valence-corrected chi connectivity index (χ2v) is 7.98. The maximum absolute atomic E-state index is 10.3. The van der Waals surface area contributed by atoms with E-state index in [1.165, 1.54) is 11.3 Å². The van der Waals surface area contributed by atoms with Crippen molar-refractivity contribution >= 4 is 77.4 Å². The lowest BCUT2D eigenvalue weighted by atomic mass is 10.1. The Labute approximate surface area is 139 Å². The fraction of sp³-hybridized carbons (Fsp3) is 0.0909. The van der Waals surface area contributed by atoms with Gasteiger partial charge in [0.15, 0.2) is 0 Å². The van der Waals surface area contributed by atoms with Crippen LogP contribution in [-0.2, 0) is 0 Å². The smallest absolute Gasteiger partial charge is 0.114 e. The number of aliphatic hydroxyl groups excluding tert-OH is 1. The molecule has 1 heterocycles. The SMILES string of the molecule is OC(c1cc(Br)c(Cl)s1)c1cc(I)ccc1Br. The monoisotopic (exact) mass is 506 g/mol. The molecular weight excluding hydrogens is 502 g/mol. The van der Waals surface area contributed by atoms with E-state index in [9.17, 15) is 5.11 Å². The first-order valence-corrected chi connectivity index (χ1v) is 8.42. The van der Waals surface area contributed by atoms with E-state index >= 15 is 0 Å². The molecule has 0 radical (unpaired) electrons. The molecule has 2 aromatic rings. The molecular formula is C11H6Br2ClIOS. The molecule has 0 saturated heterocycles. The molecule has 1 aromatic heterocycles. The number of thiophene rings is 1. The fourth-order valence-corrected chi connectivity index (χ4v) is 4.10. The minimum absolute atomic E-state index is 0.654. The molecule has 0 aliphatic carbocycles. The van der Waals surface area contributed by atoms with Crippen LogP contribution >= 0.6 is 77.4 Å². The van der Waals surface area contributed by atoms with Gasteiger partial charge in [0.2, 0.25) is 0 Å².